The van der Waals surface area contributed by atoms with Crippen molar-refractivity contribution in [3.63, 3.8) is 0 Å². The summed E-state index contributed by atoms with van der Waals surface area (Å²) in [5.74, 6) is -5.69. The molecule has 0 amide bonds. The van der Waals surface area contributed by atoms with Crippen molar-refractivity contribution in [2.75, 3.05) is 0 Å². The Kier molecular flexibility index (Phi) is 8.67. The van der Waals surface area contributed by atoms with Crippen molar-refractivity contribution in [3.05, 3.63) is 23.3 Å². The minimum atomic E-state index is -1.76. The fourth-order valence-corrected chi connectivity index (χ4v) is 6.28. The third kappa shape index (κ3) is 5.61. The average Bonchev–Trinajstić information content (AvgIpc) is 3.25. The monoisotopic (exact) mass is 548 g/mol. The van der Waals surface area contributed by atoms with Crippen molar-refractivity contribution in [2.24, 2.45) is 23.7 Å². The molecular formula is C29H40O10. The van der Waals surface area contributed by atoms with Crippen LogP contribution in [0, 0.1) is 23.7 Å². The number of allylic oxidation sites excluding steroid dienone is 1. The van der Waals surface area contributed by atoms with E-state index in [1.165, 1.54) is 20.8 Å². The second-order valence-electron chi connectivity index (χ2n) is 11.3. The van der Waals surface area contributed by atoms with Crippen LogP contribution in [0.5, 0.6) is 0 Å². The van der Waals surface area contributed by atoms with Gasteiger partial charge in [-0.3, -0.25) is 14.4 Å². The summed E-state index contributed by atoms with van der Waals surface area (Å²) in [4.78, 5) is 63.8. The van der Waals surface area contributed by atoms with Gasteiger partial charge in [0, 0.05) is 37.7 Å². The van der Waals surface area contributed by atoms with Crippen molar-refractivity contribution in [1.82, 2.24) is 0 Å². The lowest BCUT2D eigenvalue weighted by atomic mass is 9.74. The van der Waals surface area contributed by atoms with Crippen molar-refractivity contribution >= 4 is 29.8 Å². The highest BCUT2D eigenvalue weighted by atomic mass is 16.6. The van der Waals surface area contributed by atoms with Gasteiger partial charge in [0.25, 0.3) is 0 Å². The standard InChI is InChI=1S/C29H40O10/c1-10-14(3)25(32)35-19-12-16(5)21-22(19)28(8,38-17(6)30)13-20(36-26(33)15(4)11-2)23-24(21)37-27(34)29(23,9)39-18(7)31/h10,12,15,19-24H,11,13H2,1-9H3/b14-10-/t15?,19-,20+,21-,22+,23-,24+,28+,29+/m1/s1. The normalized spacial score (nSPS) is 36.4. The van der Waals surface area contributed by atoms with Gasteiger partial charge in [0.05, 0.1) is 11.8 Å². The van der Waals surface area contributed by atoms with E-state index < -0.39 is 83.0 Å². The van der Waals surface area contributed by atoms with Gasteiger partial charge in [-0.25, -0.2) is 9.59 Å². The molecule has 3 rings (SSSR count). The van der Waals surface area contributed by atoms with E-state index >= 15 is 0 Å². The first kappa shape index (κ1) is 30.4. The first-order valence-electron chi connectivity index (χ1n) is 13.4. The molecule has 0 aromatic rings. The molecule has 1 aliphatic heterocycles. The largest absolute Gasteiger partial charge is 0.461 e. The predicted octanol–water partition coefficient (Wildman–Crippen LogP) is 3.60. The van der Waals surface area contributed by atoms with Crippen molar-refractivity contribution < 1.29 is 47.7 Å². The summed E-state index contributed by atoms with van der Waals surface area (Å²) >= 11 is 0. The highest BCUT2D eigenvalue weighted by Crippen LogP contribution is 2.56. The van der Waals surface area contributed by atoms with E-state index in [4.69, 9.17) is 23.7 Å². The van der Waals surface area contributed by atoms with Crippen molar-refractivity contribution in [2.45, 2.75) is 105 Å². The number of rotatable bonds is 7. The van der Waals surface area contributed by atoms with Crippen LogP contribution in [0.25, 0.3) is 0 Å². The molecule has 9 atom stereocenters. The van der Waals surface area contributed by atoms with Crippen LogP contribution in [0.1, 0.15) is 75.2 Å². The molecule has 0 spiro atoms. The molecule has 10 heteroatoms. The lowest BCUT2D eigenvalue weighted by Crippen LogP contribution is -2.51. The first-order chi connectivity index (χ1) is 18.1. The number of carbonyl (C=O) groups is 5. The van der Waals surface area contributed by atoms with Crippen LogP contribution in [-0.4, -0.2) is 59.4 Å². The summed E-state index contributed by atoms with van der Waals surface area (Å²) in [7, 11) is 0. The molecule has 0 aromatic heterocycles. The lowest BCUT2D eigenvalue weighted by molar-refractivity contribution is -0.187. The van der Waals surface area contributed by atoms with Crippen LogP contribution in [0.4, 0.5) is 0 Å². The Morgan fingerprint density at radius 1 is 1.08 bits per heavy atom. The third-order valence-electron chi connectivity index (χ3n) is 8.41. The molecule has 216 valence electrons. The van der Waals surface area contributed by atoms with Gasteiger partial charge < -0.3 is 23.7 Å². The summed E-state index contributed by atoms with van der Waals surface area (Å²) in [6, 6.07) is 0. The van der Waals surface area contributed by atoms with Crippen LogP contribution < -0.4 is 0 Å². The summed E-state index contributed by atoms with van der Waals surface area (Å²) in [6.45, 7) is 14.4. The second-order valence-corrected chi connectivity index (χ2v) is 11.3. The molecular weight excluding hydrogens is 508 g/mol. The first-order valence-corrected chi connectivity index (χ1v) is 13.4. The van der Waals surface area contributed by atoms with Crippen LogP contribution in [0.2, 0.25) is 0 Å². The SMILES string of the molecule is C/C=C(/C)C(=O)O[C@@H]1C=C(C)[C@H]2[C@@H]3OC(=O)[C@@](C)(OC(C)=O)[C@@H]3[C@@H](OC(=O)C(C)CC)C[C@](C)(OC(C)=O)[C@H]21. The van der Waals surface area contributed by atoms with Gasteiger partial charge in [0.2, 0.25) is 5.60 Å². The van der Waals surface area contributed by atoms with Gasteiger partial charge in [-0.15, -0.1) is 0 Å². The molecule has 0 bridgehead atoms. The molecule has 1 saturated carbocycles. The van der Waals surface area contributed by atoms with Crippen molar-refractivity contribution in [1.29, 1.82) is 0 Å². The Hall–Kier alpha value is -3.17. The smallest absolute Gasteiger partial charge is 0.351 e. The lowest BCUT2D eigenvalue weighted by Gasteiger charge is -2.41. The van der Waals surface area contributed by atoms with E-state index in [0.717, 1.165) is 5.57 Å². The number of ether oxygens (including phenoxy) is 5. The summed E-state index contributed by atoms with van der Waals surface area (Å²) in [5.41, 5.74) is -1.92. The van der Waals surface area contributed by atoms with Gasteiger partial charge in [-0.05, 0) is 47.1 Å². The predicted molar refractivity (Wildman–Crippen MR) is 138 cm³/mol. The maximum Gasteiger partial charge on any atom is 0.351 e. The number of esters is 5. The Labute approximate surface area is 229 Å². The Morgan fingerprint density at radius 3 is 2.23 bits per heavy atom. The molecule has 3 aliphatic rings. The van der Waals surface area contributed by atoms with Crippen LogP contribution in [0.3, 0.4) is 0 Å². The average molecular weight is 549 g/mol. The van der Waals surface area contributed by atoms with E-state index in [1.807, 2.05) is 13.8 Å². The van der Waals surface area contributed by atoms with E-state index in [9.17, 15) is 24.0 Å². The number of fused-ring (bicyclic) bond motifs is 3. The fourth-order valence-electron chi connectivity index (χ4n) is 6.28. The van der Waals surface area contributed by atoms with E-state index in [1.54, 1.807) is 39.8 Å². The van der Waals surface area contributed by atoms with Gasteiger partial charge in [0.1, 0.15) is 23.9 Å². The number of hydrogen-bond acceptors (Lipinski definition) is 10. The Balaban J connectivity index is 2.21. The zero-order chi connectivity index (χ0) is 29.4. The summed E-state index contributed by atoms with van der Waals surface area (Å²) in [6.07, 6.45) is 1.12. The molecule has 1 unspecified atom stereocenters. The highest BCUT2D eigenvalue weighted by Gasteiger charge is 2.69. The molecule has 0 aromatic carbocycles. The fraction of sp³-hybridized carbons (Fsp3) is 0.690. The second kappa shape index (κ2) is 11.1. The minimum absolute atomic E-state index is 0.0393. The van der Waals surface area contributed by atoms with Gasteiger partial charge in [-0.1, -0.05) is 25.5 Å². The zero-order valence-electron chi connectivity index (χ0n) is 24.2. The Morgan fingerprint density at radius 2 is 1.69 bits per heavy atom. The summed E-state index contributed by atoms with van der Waals surface area (Å²) < 4.78 is 29.4. The van der Waals surface area contributed by atoms with Crippen LogP contribution in [-0.2, 0) is 47.7 Å². The van der Waals surface area contributed by atoms with E-state index in [0.29, 0.717) is 12.0 Å². The van der Waals surface area contributed by atoms with Crippen molar-refractivity contribution in [3.8, 4) is 0 Å². The number of hydrogen-bond donors (Lipinski definition) is 0. The molecule has 2 fully saturated rings. The maximum absolute atomic E-state index is 13.3. The van der Waals surface area contributed by atoms with Crippen LogP contribution >= 0.6 is 0 Å². The van der Waals surface area contributed by atoms with E-state index in [2.05, 4.69) is 0 Å². The Bertz CT molecular complexity index is 1110. The minimum Gasteiger partial charge on any atom is -0.461 e. The van der Waals surface area contributed by atoms with Crippen LogP contribution in [0.15, 0.2) is 23.3 Å². The van der Waals surface area contributed by atoms with E-state index in [-0.39, 0.29) is 6.42 Å². The molecule has 0 radical (unpaired) electrons. The third-order valence-corrected chi connectivity index (χ3v) is 8.41. The zero-order valence-corrected chi connectivity index (χ0v) is 24.2. The summed E-state index contributed by atoms with van der Waals surface area (Å²) in [5, 5.41) is 0. The molecule has 0 N–H and O–H groups in total. The topological polar surface area (TPSA) is 132 Å². The number of carbonyl (C=O) groups excluding carboxylic acids is 5. The molecule has 39 heavy (non-hydrogen) atoms. The highest BCUT2D eigenvalue weighted by molar-refractivity contribution is 5.88. The molecule has 10 nitrogen and oxygen atoms in total. The van der Waals surface area contributed by atoms with Gasteiger partial charge >= 0.3 is 29.8 Å². The quantitative estimate of drug-likeness (QED) is 0.201. The molecule has 1 saturated heterocycles. The van der Waals surface area contributed by atoms with Gasteiger partial charge in [-0.2, -0.15) is 0 Å². The van der Waals surface area contributed by atoms with Gasteiger partial charge in [0.15, 0.2) is 0 Å². The maximum atomic E-state index is 13.3. The molecule has 1 heterocycles. The molecule has 2 aliphatic carbocycles.